The Kier molecular flexibility index (Phi) is 12.1. The van der Waals surface area contributed by atoms with Crippen molar-refractivity contribution in [3.63, 3.8) is 0 Å². The molecule has 2 fully saturated rings. The van der Waals surface area contributed by atoms with Gasteiger partial charge < -0.3 is 0 Å². The smallest absolute Gasteiger partial charge is 0.298 e. The van der Waals surface area contributed by atoms with Crippen LogP contribution in [0.1, 0.15) is 96.1 Å². The van der Waals surface area contributed by atoms with Gasteiger partial charge in [-0.25, -0.2) is 9.28 Å². The maximum atomic E-state index is 15.1. The molecule has 2 saturated carbocycles. The first-order chi connectivity index (χ1) is 20.5. The molecule has 0 amide bonds. The number of nitrogens with one attached hydrogen (secondary N) is 1. The Labute approximate surface area is 257 Å². The highest BCUT2D eigenvalue weighted by Crippen LogP contribution is 2.43. The van der Waals surface area contributed by atoms with Crippen molar-refractivity contribution in [3.05, 3.63) is 54.1 Å². The monoisotopic (exact) mass is 623 g/mol. The molecule has 0 heterocycles. The molecule has 43 heavy (non-hydrogen) atoms. The second kappa shape index (κ2) is 15.4. The topological polar surface area (TPSA) is 47.6 Å². The molecule has 9 heteroatoms. The van der Waals surface area contributed by atoms with Crippen molar-refractivity contribution in [2.45, 2.75) is 113 Å². The van der Waals surface area contributed by atoms with E-state index in [1.54, 1.807) is 12.1 Å². The molecule has 1 N–H and O–H groups in total. The second-order valence-electron chi connectivity index (χ2n) is 12.8. The van der Waals surface area contributed by atoms with Crippen LogP contribution in [0.4, 0.5) is 17.6 Å². The average Bonchev–Trinajstić information content (AvgIpc) is 2.98. The number of benzene rings is 2. The SMILES string of the molecule is COOSc1ccc(-c2ccc([C@H](N[C@@H](CC(C)(C)F)C(=O)C(C3CCCCC3)C3CCCCC3)C(F)(F)F)cc2)cc1. The van der Waals surface area contributed by atoms with Crippen molar-refractivity contribution < 1.29 is 31.6 Å². The molecule has 0 saturated heterocycles. The highest BCUT2D eigenvalue weighted by molar-refractivity contribution is 7.94. The molecule has 2 aromatic rings. The van der Waals surface area contributed by atoms with Crippen LogP contribution in [-0.4, -0.2) is 30.8 Å². The Morgan fingerprint density at radius 3 is 1.77 bits per heavy atom. The van der Waals surface area contributed by atoms with Crippen molar-refractivity contribution in [3.8, 4) is 11.1 Å². The molecule has 0 aliphatic heterocycles. The minimum absolute atomic E-state index is 0.00160. The van der Waals surface area contributed by atoms with Gasteiger partial charge in [0.25, 0.3) is 0 Å². The molecule has 2 atom stereocenters. The number of halogens is 4. The highest BCUT2D eigenvalue weighted by Gasteiger charge is 2.46. The lowest BCUT2D eigenvalue weighted by Gasteiger charge is -2.40. The number of hydrogen-bond acceptors (Lipinski definition) is 5. The first-order valence-electron chi connectivity index (χ1n) is 15.6. The zero-order valence-corrected chi connectivity index (χ0v) is 26.2. The van der Waals surface area contributed by atoms with Crippen LogP contribution in [0.3, 0.4) is 0 Å². The molecular weight excluding hydrogens is 578 g/mol. The molecule has 0 spiro atoms. The zero-order valence-electron chi connectivity index (χ0n) is 25.4. The number of ketones is 1. The van der Waals surface area contributed by atoms with Gasteiger partial charge in [-0.2, -0.15) is 17.5 Å². The van der Waals surface area contributed by atoms with Gasteiger partial charge in [0, 0.05) is 17.2 Å². The van der Waals surface area contributed by atoms with Crippen molar-refractivity contribution >= 4 is 17.8 Å². The predicted molar refractivity (Wildman–Crippen MR) is 163 cm³/mol. The third-order valence-corrected chi connectivity index (χ3v) is 9.67. The Morgan fingerprint density at radius 2 is 1.33 bits per heavy atom. The van der Waals surface area contributed by atoms with E-state index in [-0.39, 0.29) is 35.5 Å². The van der Waals surface area contributed by atoms with Gasteiger partial charge in [0.15, 0.2) is 5.78 Å². The summed E-state index contributed by atoms with van der Waals surface area (Å²) in [6, 6.07) is 10.2. The van der Waals surface area contributed by atoms with Crippen LogP contribution in [0.5, 0.6) is 0 Å². The van der Waals surface area contributed by atoms with Gasteiger partial charge in [-0.15, -0.1) is 0 Å². The van der Waals surface area contributed by atoms with Crippen LogP contribution in [0, 0.1) is 17.8 Å². The Morgan fingerprint density at radius 1 is 0.837 bits per heavy atom. The minimum atomic E-state index is -4.67. The molecule has 2 aromatic carbocycles. The summed E-state index contributed by atoms with van der Waals surface area (Å²) in [4.78, 5) is 19.7. The standard InChI is InChI=1S/C34H45F4NO3S/c1-33(2,35)22-29(31(40)30(25-10-6-4-7-11-25)26-12-8-5-9-13-26)39-32(34(36,37)38)27-16-14-23(15-17-27)24-18-20-28(21-19-24)43-42-41-3/h14-21,25-26,29-30,32,39H,4-13,22H2,1-3H3/t29-,32-/m0/s1. The lowest BCUT2D eigenvalue weighted by molar-refractivity contribution is -0.162. The lowest BCUT2D eigenvalue weighted by atomic mass is 9.66. The summed E-state index contributed by atoms with van der Waals surface area (Å²) in [6.45, 7) is 2.68. The Hall–Kier alpha value is -1.94. The third-order valence-electron chi connectivity index (χ3n) is 9.00. The molecule has 4 nitrogen and oxygen atoms in total. The normalized spacial score (nSPS) is 19.0. The average molecular weight is 624 g/mol. The fourth-order valence-electron chi connectivity index (χ4n) is 7.02. The summed E-state index contributed by atoms with van der Waals surface area (Å²) < 4.78 is 64.0. The number of hydrogen-bond donors (Lipinski definition) is 1. The van der Waals surface area contributed by atoms with Crippen LogP contribution >= 0.6 is 12.0 Å². The maximum absolute atomic E-state index is 15.1. The molecule has 4 rings (SSSR count). The molecule has 2 aliphatic carbocycles. The van der Waals surface area contributed by atoms with Crippen molar-refractivity contribution in [2.24, 2.45) is 17.8 Å². The summed E-state index contributed by atoms with van der Waals surface area (Å²) in [5, 5.41) is 2.67. The van der Waals surface area contributed by atoms with Gasteiger partial charge in [-0.05, 0) is 80.2 Å². The predicted octanol–water partition coefficient (Wildman–Crippen LogP) is 9.98. The largest absolute Gasteiger partial charge is 0.407 e. The molecular formula is C34H45F4NO3S. The summed E-state index contributed by atoms with van der Waals surface area (Å²) in [6.07, 6.45) is 5.09. The number of rotatable bonds is 13. The quantitative estimate of drug-likeness (QED) is 0.104. The van der Waals surface area contributed by atoms with Crippen molar-refractivity contribution in [1.82, 2.24) is 5.32 Å². The minimum Gasteiger partial charge on any atom is -0.298 e. The van der Waals surface area contributed by atoms with Gasteiger partial charge in [0.05, 0.1) is 25.2 Å². The van der Waals surface area contributed by atoms with Crippen molar-refractivity contribution in [2.75, 3.05) is 7.11 Å². The van der Waals surface area contributed by atoms with Crippen LogP contribution in [0.2, 0.25) is 0 Å². The first-order valence-corrected chi connectivity index (χ1v) is 16.3. The van der Waals surface area contributed by atoms with Crippen LogP contribution in [0.25, 0.3) is 11.1 Å². The Bertz CT molecular complexity index is 1120. The number of Topliss-reactive ketones (excluding diaryl/α,β-unsaturated/α-hetero) is 1. The summed E-state index contributed by atoms with van der Waals surface area (Å²) in [5.74, 6) is -0.241. The van der Waals surface area contributed by atoms with E-state index >= 15 is 4.39 Å². The van der Waals surface area contributed by atoms with E-state index in [9.17, 15) is 18.0 Å². The van der Waals surface area contributed by atoms with Crippen LogP contribution in [-0.2, 0) is 14.0 Å². The van der Waals surface area contributed by atoms with Gasteiger partial charge in [-0.3, -0.25) is 10.1 Å². The van der Waals surface area contributed by atoms with Gasteiger partial charge in [0.2, 0.25) is 0 Å². The van der Waals surface area contributed by atoms with E-state index in [1.165, 1.54) is 33.1 Å². The van der Waals surface area contributed by atoms with Crippen molar-refractivity contribution in [1.29, 1.82) is 0 Å². The summed E-state index contributed by atoms with van der Waals surface area (Å²) in [5.41, 5.74) is -0.227. The second-order valence-corrected chi connectivity index (χ2v) is 13.6. The van der Waals surface area contributed by atoms with Gasteiger partial charge in [0.1, 0.15) is 11.7 Å². The third kappa shape index (κ3) is 9.77. The summed E-state index contributed by atoms with van der Waals surface area (Å²) in [7, 11) is 1.41. The van der Waals surface area contributed by atoms with Gasteiger partial charge >= 0.3 is 6.18 Å². The van der Waals surface area contributed by atoms with E-state index in [0.717, 1.165) is 92.3 Å². The fourth-order valence-corrected chi connectivity index (χ4v) is 7.41. The first kappa shape index (κ1) is 33.9. The number of alkyl halides is 4. The summed E-state index contributed by atoms with van der Waals surface area (Å²) >= 11 is 1.06. The molecule has 2 aliphatic rings. The number of carbonyl (C=O) groups excluding carboxylic acids is 1. The van der Waals surface area contributed by atoms with Gasteiger partial charge in [-0.1, -0.05) is 74.9 Å². The zero-order chi connectivity index (χ0) is 31.0. The molecule has 0 bridgehead atoms. The molecule has 0 radical (unpaired) electrons. The van der Waals surface area contributed by atoms with Crippen LogP contribution in [0.15, 0.2) is 53.4 Å². The van der Waals surface area contributed by atoms with E-state index in [0.29, 0.717) is 0 Å². The lowest BCUT2D eigenvalue weighted by Crippen LogP contribution is -2.51. The van der Waals surface area contributed by atoms with Crippen LogP contribution < -0.4 is 5.32 Å². The molecule has 0 unspecified atom stereocenters. The molecule has 0 aromatic heterocycles. The maximum Gasteiger partial charge on any atom is 0.407 e. The fraction of sp³-hybridized carbons (Fsp3) is 0.618. The van der Waals surface area contributed by atoms with E-state index in [2.05, 4.69) is 10.2 Å². The highest BCUT2D eigenvalue weighted by atomic mass is 32.2. The van der Waals surface area contributed by atoms with E-state index in [1.807, 2.05) is 24.3 Å². The number of carbonyl (C=O) groups is 1. The molecule has 238 valence electrons. The van der Waals surface area contributed by atoms with E-state index in [4.69, 9.17) is 4.33 Å². The van der Waals surface area contributed by atoms with E-state index < -0.39 is 23.9 Å². The Balaban J connectivity index is 1.60.